The lowest BCUT2D eigenvalue weighted by Gasteiger charge is -2.09. The Hall–Kier alpha value is -2.38. The van der Waals surface area contributed by atoms with Gasteiger partial charge in [-0.05, 0) is 18.2 Å². The molecule has 2 rings (SSSR count). The van der Waals surface area contributed by atoms with Crippen LogP contribution in [0.2, 0.25) is 0 Å². The Labute approximate surface area is 105 Å². The lowest BCUT2D eigenvalue weighted by atomic mass is 10.1. The number of benzene rings is 1. The number of carbonyl (C=O) groups is 1. The predicted molar refractivity (Wildman–Crippen MR) is 59.6 cm³/mol. The van der Waals surface area contributed by atoms with Gasteiger partial charge in [0.1, 0.15) is 11.3 Å². The highest BCUT2D eigenvalue weighted by atomic mass is 19.4. The van der Waals surface area contributed by atoms with Gasteiger partial charge in [-0.2, -0.15) is 13.2 Å². The number of hydrogen-bond acceptors (Lipinski definition) is 4. The van der Waals surface area contributed by atoms with E-state index in [0.29, 0.717) is 0 Å². The molecule has 0 aliphatic carbocycles. The Morgan fingerprint density at radius 3 is 2.47 bits per heavy atom. The second-order valence-corrected chi connectivity index (χ2v) is 3.71. The van der Waals surface area contributed by atoms with Gasteiger partial charge in [0.25, 0.3) is 0 Å². The summed E-state index contributed by atoms with van der Waals surface area (Å²) >= 11 is 0. The van der Waals surface area contributed by atoms with Crippen molar-refractivity contribution in [1.29, 1.82) is 0 Å². The number of aromatic nitrogens is 2. The van der Waals surface area contributed by atoms with Crippen LogP contribution in [0.5, 0.6) is 5.75 Å². The first kappa shape index (κ1) is 13.1. The highest BCUT2D eigenvalue weighted by Gasteiger charge is 2.33. The molecule has 0 saturated heterocycles. The Morgan fingerprint density at radius 2 is 1.95 bits per heavy atom. The summed E-state index contributed by atoms with van der Waals surface area (Å²) in [5, 5.41) is 6.64. The fourth-order valence-electron chi connectivity index (χ4n) is 1.56. The molecule has 0 unspecified atom stereocenters. The zero-order chi connectivity index (χ0) is 14.2. The number of alkyl halides is 3. The van der Waals surface area contributed by atoms with Gasteiger partial charge in [0.15, 0.2) is 5.69 Å². The van der Waals surface area contributed by atoms with E-state index in [2.05, 4.69) is 10.2 Å². The van der Waals surface area contributed by atoms with E-state index >= 15 is 0 Å². The Balaban J connectivity index is 2.73. The first-order valence-electron chi connectivity index (χ1n) is 5.05. The first-order chi connectivity index (χ1) is 8.82. The van der Waals surface area contributed by atoms with Gasteiger partial charge in [0.2, 0.25) is 5.91 Å². The maximum Gasteiger partial charge on any atom is 0.435 e. The second kappa shape index (κ2) is 4.38. The summed E-state index contributed by atoms with van der Waals surface area (Å²) in [6.45, 7) is 0. The van der Waals surface area contributed by atoms with E-state index < -0.39 is 17.8 Å². The van der Waals surface area contributed by atoms with Gasteiger partial charge >= 0.3 is 6.18 Å². The Kier molecular flexibility index (Phi) is 3.01. The third-order valence-electron chi connectivity index (χ3n) is 2.45. The molecule has 1 aromatic carbocycles. The van der Waals surface area contributed by atoms with Crippen molar-refractivity contribution in [2.75, 3.05) is 7.11 Å². The molecule has 2 aromatic rings. The summed E-state index contributed by atoms with van der Waals surface area (Å²) < 4.78 is 42.5. The molecule has 1 amide bonds. The Bertz CT molecular complexity index is 655. The number of nitrogens with two attached hydrogens (primary N) is 1. The van der Waals surface area contributed by atoms with E-state index in [9.17, 15) is 18.0 Å². The second-order valence-electron chi connectivity index (χ2n) is 3.71. The van der Waals surface area contributed by atoms with Crippen LogP contribution >= 0.6 is 0 Å². The van der Waals surface area contributed by atoms with Gasteiger partial charge in [-0.1, -0.05) is 0 Å². The molecule has 2 N–H and O–H groups in total. The minimum atomic E-state index is -4.61. The van der Waals surface area contributed by atoms with Gasteiger partial charge in [0, 0.05) is 10.9 Å². The number of rotatable bonds is 2. The highest BCUT2D eigenvalue weighted by molar-refractivity contribution is 5.98. The average Bonchev–Trinajstić information content (AvgIpc) is 2.35. The molecule has 100 valence electrons. The average molecular weight is 271 g/mol. The third-order valence-corrected chi connectivity index (χ3v) is 2.45. The monoisotopic (exact) mass is 271 g/mol. The van der Waals surface area contributed by atoms with E-state index in [1.165, 1.54) is 19.2 Å². The van der Waals surface area contributed by atoms with Crippen molar-refractivity contribution in [3.05, 3.63) is 29.5 Å². The minimum Gasteiger partial charge on any atom is -0.494 e. The molecular formula is C11H8F3N3O2. The highest BCUT2D eigenvalue weighted by Crippen LogP contribution is 2.31. The van der Waals surface area contributed by atoms with Crippen LogP contribution in [0.15, 0.2) is 18.2 Å². The molecule has 0 aliphatic rings. The van der Waals surface area contributed by atoms with Gasteiger partial charge in [0.05, 0.1) is 7.11 Å². The molecule has 8 heteroatoms. The SMILES string of the molecule is COc1cc(C(N)=O)cc2cc(C(F)(F)F)nnc12. The van der Waals surface area contributed by atoms with Gasteiger partial charge in [-0.25, -0.2) is 0 Å². The number of amides is 1. The van der Waals surface area contributed by atoms with Crippen molar-refractivity contribution >= 4 is 16.8 Å². The van der Waals surface area contributed by atoms with Crippen molar-refractivity contribution in [3.63, 3.8) is 0 Å². The Morgan fingerprint density at radius 1 is 1.26 bits per heavy atom. The number of ether oxygens (including phenoxy) is 1. The largest absolute Gasteiger partial charge is 0.494 e. The molecule has 0 saturated carbocycles. The van der Waals surface area contributed by atoms with Crippen LogP contribution in [0.3, 0.4) is 0 Å². The summed E-state index contributed by atoms with van der Waals surface area (Å²) in [7, 11) is 1.30. The van der Waals surface area contributed by atoms with Crippen LogP contribution in [0.25, 0.3) is 10.9 Å². The summed E-state index contributed by atoms with van der Waals surface area (Å²) in [4.78, 5) is 11.1. The zero-order valence-electron chi connectivity index (χ0n) is 9.65. The van der Waals surface area contributed by atoms with Gasteiger partial charge in [-0.15, -0.1) is 10.2 Å². The van der Waals surface area contributed by atoms with Crippen LogP contribution in [0, 0.1) is 0 Å². The van der Waals surface area contributed by atoms with E-state index in [-0.39, 0.29) is 22.2 Å². The summed E-state index contributed by atoms with van der Waals surface area (Å²) in [6, 6.07) is 3.30. The molecule has 0 spiro atoms. The van der Waals surface area contributed by atoms with E-state index in [0.717, 1.165) is 6.07 Å². The summed E-state index contributed by atoms with van der Waals surface area (Å²) in [5.41, 5.74) is 4.11. The number of fused-ring (bicyclic) bond motifs is 1. The maximum atomic E-state index is 12.5. The summed E-state index contributed by atoms with van der Waals surface area (Å²) in [5.74, 6) is -0.641. The van der Waals surface area contributed by atoms with Crippen molar-refractivity contribution in [2.45, 2.75) is 6.18 Å². The van der Waals surface area contributed by atoms with Crippen LogP contribution in [0.4, 0.5) is 13.2 Å². The van der Waals surface area contributed by atoms with E-state index in [1.807, 2.05) is 0 Å². The molecule has 5 nitrogen and oxygen atoms in total. The number of nitrogens with zero attached hydrogens (tertiary/aromatic N) is 2. The molecule has 0 radical (unpaired) electrons. The third kappa shape index (κ3) is 2.42. The maximum absolute atomic E-state index is 12.5. The molecular weight excluding hydrogens is 263 g/mol. The van der Waals surface area contributed by atoms with Crippen LogP contribution < -0.4 is 10.5 Å². The van der Waals surface area contributed by atoms with E-state index in [1.54, 1.807) is 0 Å². The van der Waals surface area contributed by atoms with Gasteiger partial charge < -0.3 is 10.5 Å². The lowest BCUT2D eigenvalue weighted by Crippen LogP contribution is -2.12. The fraction of sp³-hybridized carbons (Fsp3) is 0.182. The van der Waals surface area contributed by atoms with Crippen molar-refractivity contribution in [3.8, 4) is 5.75 Å². The van der Waals surface area contributed by atoms with Gasteiger partial charge in [-0.3, -0.25) is 4.79 Å². The van der Waals surface area contributed by atoms with Crippen molar-refractivity contribution in [2.24, 2.45) is 5.73 Å². The summed E-state index contributed by atoms with van der Waals surface area (Å²) in [6.07, 6.45) is -4.61. The minimum absolute atomic E-state index is 0.0328. The molecule has 19 heavy (non-hydrogen) atoms. The normalized spacial score (nSPS) is 11.6. The van der Waals surface area contributed by atoms with Crippen LogP contribution in [-0.4, -0.2) is 23.2 Å². The fourth-order valence-corrected chi connectivity index (χ4v) is 1.56. The quantitative estimate of drug-likeness (QED) is 0.902. The topological polar surface area (TPSA) is 78.1 Å². The zero-order valence-corrected chi connectivity index (χ0v) is 9.65. The molecule has 0 bridgehead atoms. The lowest BCUT2D eigenvalue weighted by molar-refractivity contribution is -0.141. The first-order valence-corrected chi connectivity index (χ1v) is 5.05. The number of methoxy groups -OCH3 is 1. The van der Waals surface area contributed by atoms with Crippen LogP contribution in [0.1, 0.15) is 16.1 Å². The standard InChI is InChI=1S/C11H8F3N3O2/c1-19-7-3-6(10(15)18)2-5-4-8(11(12,13)14)16-17-9(5)7/h2-4H,1H3,(H2,15,18). The smallest absolute Gasteiger partial charge is 0.435 e. The number of primary amides is 1. The van der Waals surface area contributed by atoms with Crippen molar-refractivity contribution < 1.29 is 22.7 Å². The molecule has 0 aliphatic heterocycles. The molecule has 1 heterocycles. The molecule has 0 fully saturated rings. The number of halogens is 3. The molecule has 1 aromatic heterocycles. The van der Waals surface area contributed by atoms with E-state index in [4.69, 9.17) is 10.5 Å². The predicted octanol–water partition coefficient (Wildman–Crippen LogP) is 1.76. The number of carbonyl (C=O) groups excluding carboxylic acids is 1. The molecule has 0 atom stereocenters. The van der Waals surface area contributed by atoms with Crippen molar-refractivity contribution in [1.82, 2.24) is 10.2 Å². The van der Waals surface area contributed by atoms with Crippen LogP contribution in [-0.2, 0) is 6.18 Å². The number of hydrogen-bond donors (Lipinski definition) is 1.